The summed E-state index contributed by atoms with van der Waals surface area (Å²) in [6.07, 6.45) is 13.7. The molecule has 0 amide bonds. The van der Waals surface area contributed by atoms with Crippen molar-refractivity contribution < 1.29 is 0 Å². The van der Waals surface area contributed by atoms with Crippen LogP contribution in [-0.4, -0.2) is 7.05 Å². The number of aryl methyl sites for hydroxylation is 2. The van der Waals surface area contributed by atoms with E-state index in [0.29, 0.717) is 6.04 Å². The molecule has 1 atom stereocenters. The number of rotatable bonds is 8. The van der Waals surface area contributed by atoms with Crippen LogP contribution >= 0.6 is 11.3 Å². The minimum absolute atomic E-state index is 0.595. The molecule has 0 aliphatic heterocycles. The van der Waals surface area contributed by atoms with Gasteiger partial charge in [-0.2, -0.15) is 0 Å². The van der Waals surface area contributed by atoms with Crippen LogP contribution in [0.2, 0.25) is 0 Å². The molecular weight excluding hydrogens is 250 g/mol. The number of unbranched alkanes of at least 4 members (excludes halogenated alkanes) is 4. The minimum Gasteiger partial charge on any atom is -0.312 e. The monoisotopic (exact) mass is 279 g/mol. The number of hydrogen-bond donors (Lipinski definition) is 1. The van der Waals surface area contributed by atoms with E-state index in [0.717, 1.165) is 0 Å². The van der Waals surface area contributed by atoms with Crippen LogP contribution in [0.25, 0.3) is 0 Å². The number of fused-ring (bicyclic) bond motifs is 1. The van der Waals surface area contributed by atoms with Gasteiger partial charge in [-0.15, -0.1) is 11.3 Å². The van der Waals surface area contributed by atoms with E-state index in [-0.39, 0.29) is 0 Å². The van der Waals surface area contributed by atoms with Gasteiger partial charge in [-0.1, -0.05) is 39.0 Å². The molecule has 0 saturated heterocycles. The first-order valence-electron chi connectivity index (χ1n) is 8.14. The predicted octanol–water partition coefficient (Wildman–Crippen LogP) is 5.25. The van der Waals surface area contributed by atoms with Crippen LogP contribution in [-0.2, 0) is 12.8 Å². The molecule has 1 unspecified atom stereocenters. The Morgan fingerprint density at radius 3 is 2.68 bits per heavy atom. The van der Waals surface area contributed by atoms with Crippen molar-refractivity contribution in [2.45, 2.75) is 77.2 Å². The molecule has 108 valence electrons. The highest BCUT2D eigenvalue weighted by molar-refractivity contribution is 7.12. The molecule has 2 rings (SSSR count). The first-order chi connectivity index (χ1) is 9.35. The van der Waals surface area contributed by atoms with Gasteiger partial charge in [0, 0.05) is 15.8 Å². The molecule has 0 radical (unpaired) electrons. The van der Waals surface area contributed by atoms with E-state index in [1.165, 1.54) is 64.2 Å². The van der Waals surface area contributed by atoms with E-state index >= 15 is 0 Å². The maximum absolute atomic E-state index is 3.53. The summed E-state index contributed by atoms with van der Waals surface area (Å²) in [6, 6.07) is 3.09. The number of thiophene rings is 1. The fraction of sp³-hybridized carbons (Fsp3) is 0.765. The minimum atomic E-state index is 0.595. The van der Waals surface area contributed by atoms with E-state index in [2.05, 4.69) is 36.7 Å². The van der Waals surface area contributed by atoms with E-state index in [1.807, 2.05) is 0 Å². The van der Waals surface area contributed by atoms with Crippen molar-refractivity contribution in [2.75, 3.05) is 7.05 Å². The van der Waals surface area contributed by atoms with Crippen LogP contribution < -0.4 is 5.32 Å². The SMILES string of the molecule is CCCCCCCC(NC)c1cc2c(s1)CCCC2. The van der Waals surface area contributed by atoms with Crippen LogP contribution in [0.4, 0.5) is 0 Å². The topological polar surface area (TPSA) is 12.0 Å². The van der Waals surface area contributed by atoms with Gasteiger partial charge in [-0.25, -0.2) is 0 Å². The second-order valence-electron chi connectivity index (χ2n) is 5.85. The van der Waals surface area contributed by atoms with E-state index < -0.39 is 0 Å². The summed E-state index contributed by atoms with van der Waals surface area (Å²) in [7, 11) is 2.12. The molecule has 19 heavy (non-hydrogen) atoms. The number of hydrogen-bond acceptors (Lipinski definition) is 2. The van der Waals surface area contributed by atoms with Crippen molar-refractivity contribution in [3.05, 3.63) is 21.4 Å². The van der Waals surface area contributed by atoms with Crippen LogP contribution in [0.1, 0.15) is 79.6 Å². The summed E-state index contributed by atoms with van der Waals surface area (Å²) in [6.45, 7) is 2.28. The van der Waals surface area contributed by atoms with Crippen molar-refractivity contribution in [3.63, 3.8) is 0 Å². The molecule has 1 N–H and O–H groups in total. The Balaban J connectivity index is 1.84. The number of nitrogens with one attached hydrogen (secondary N) is 1. The molecule has 1 aliphatic carbocycles. The summed E-state index contributed by atoms with van der Waals surface area (Å²) in [4.78, 5) is 3.26. The Morgan fingerprint density at radius 1 is 1.16 bits per heavy atom. The third-order valence-electron chi connectivity index (χ3n) is 4.30. The van der Waals surface area contributed by atoms with Crippen LogP contribution in [0, 0.1) is 0 Å². The normalized spacial score (nSPS) is 16.3. The molecule has 0 saturated carbocycles. The molecule has 1 heterocycles. The molecule has 1 aromatic rings. The fourth-order valence-electron chi connectivity index (χ4n) is 3.07. The summed E-state index contributed by atoms with van der Waals surface area (Å²) in [5.74, 6) is 0. The molecule has 1 aromatic heterocycles. The highest BCUT2D eigenvalue weighted by atomic mass is 32.1. The summed E-state index contributed by atoms with van der Waals surface area (Å²) in [5.41, 5.74) is 1.65. The lowest BCUT2D eigenvalue weighted by atomic mass is 9.98. The van der Waals surface area contributed by atoms with Crippen molar-refractivity contribution in [3.8, 4) is 0 Å². The maximum Gasteiger partial charge on any atom is 0.0412 e. The highest BCUT2D eigenvalue weighted by Gasteiger charge is 2.17. The van der Waals surface area contributed by atoms with Gasteiger partial charge in [0.05, 0.1) is 0 Å². The average molecular weight is 279 g/mol. The van der Waals surface area contributed by atoms with Crippen molar-refractivity contribution in [1.29, 1.82) is 0 Å². The van der Waals surface area contributed by atoms with Gasteiger partial charge in [0.1, 0.15) is 0 Å². The van der Waals surface area contributed by atoms with E-state index in [1.54, 1.807) is 15.3 Å². The average Bonchev–Trinajstić information content (AvgIpc) is 2.86. The van der Waals surface area contributed by atoms with Gasteiger partial charge >= 0.3 is 0 Å². The Morgan fingerprint density at radius 2 is 1.95 bits per heavy atom. The molecule has 0 fully saturated rings. The molecule has 2 heteroatoms. The second kappa shape index (κ2) is 8.06. The molecule has 0 aromatic carbocycles. The quantitative estimate of drug-likeness (QED) is 0.641. The fourth-order valence-corrected chi connectivity index (χ4v) is 4.47. The molecule has 1 nitrogen and oxygen atoms in total. The van der Waals surface area contributed by atoms with Gasteiger partial charge in [0.15, 0.2) is 0 Å². The zero-order valence-electron chi connectivity index (χ0n) is 12.6. The molecule has 0 spiro atoms. The largest absolute Gasteiger partial charge is 0.312 e. The Labute approximate surface area is 122 Å². The van der Waals surface area contributed by atoms with E-state index in [9.17, 15) is 0 Å². The first-order valence-corrected chi connectivity index (χ1v) is 8.95. The van der Waals surface area contributed by atoms with Crippen LogP contribution in [0.15, 0.2) is 6.07 Å². The predicted molar refractivity (Wildman–Crippen MR) is 86.1 cm³/mol. The summed E-state index contributed by atoms with van der Waals surface area (Å²) >= 11 is 2.07. The van der Waals surface area contributed by atoms with Crippen LogP contribution in [0.5, 0.6) is 0 Å². The standard InChI is InChI=1S/C17H29NS/c1-3-4-5-6-7-11-15(18-2)17-13-14-10-8-9-12-16(14)19-17/h13,15,18H,3-12H2,1-2H3. The van der Waals surface area contributed by atoms with Gasteiger partial charge in [0.25, 0.3) is 0 Å². The third kappa shape index (κ3) is 4.32. The lowest BCUT2D eigenvalue weighted by Crippen LogP contribution is -2.14. The van der Waals surface area contributed by atoms with Crippen molar-refractivity contribution >= 4 is 11.3 Å². The summed E-state index contributed by atoms with van der Waals surface area (Å²) in [5, 5.41) is 3.53. The van der Waals surface area contributed by atoms with Gasteiger partial charge in [-0.05, 0) is 50.8 Å². The lowest BCUT2D eigenvalue weighted by molar-refractivity contribution is 0.506. The molecule has 0 bridgehead atoms. The van der Waals surface area contributed by atoms with Crippen molar-refractivity contribution in [1.82, 2.24) is 5.32 Å². The smallest absolute Gasteiger partial charge is 0.0412 e. The molecular formula is C17H29NS. The highest BCUT2D eigenvalue weighted by Crippen LogP contribution is 2.34. The first kappa shape index (κ1) is 15.1. The van der Waals surface area contributed by atoms with Crippen LogP contribution in [0.3, 0.4) is 0 Å². The van der Waals surface area contributed by atoms with E-state index in [4.69, 9.17) is 0 Å². The van der Waals surface area contributed by atoms with Gasteiger partial charge < -0.3 is 5.32 Å². The maximum atomic E-state index is 3.53. The zero-order valence-corrected chi connectivity index (χ0v) is 13.5. The Hall–Kier alpha value is -0.340. The van der Waals surface area contributed by atoms with Crippen molar-refractivity contribution in [2.24, 2.45) is 0 Å². The Kier molecular flexibility index (Phi) is 6.39. The second-order valence-corrected chi connectivity index (χ2v) is 7.02. The van der Waals surface area contributed by atoms with Gasteiger partial charge in [-0.3, -0.25) is 0 Å². The molecule has 1 aliphatic rings. The lowest BCUT2D eigenvalue weighted by Gasteiger charge is -2.14. The third-order valence-corrected chi connectivity index (χ3v) is 5.65. The zero-order chi connectivity index (χ0) is 13.5. The Bertz CT molecular complexity index is 346. The summed E-state index contributed by atoms with van der Waals surface area (Å²) < 4.78 is 0. The van der Waals surface area contributed by atoms with Gasteiger partial charge in [0.2, 0.25) is 0 Å².